The van der Waals surface area contributed by atoms with Gasteiger partial charge in [-0.15, -0.1) is 0 Å². The van der Waals surface area contributed by atoms with Crippen LogP contribution in [0.1, 0.15) is 13.3 Å². The van der Waals surface area contributed by atoms with E-state index < -0.39 is 0 Å². The van der Waals surface area contributed by atoms with Crippen LogP contribution >= 0.6 is 0 Å². The lowest BCUT2D eigenvalue weighted by Crippen LogP contribution is -2.34. The summed E-state index contributed by atoms with van der Waals surface area (Å²) in [6.07, 6.45) is 1.07. The van der Waals surface area contributed by atoms with Gasteiger partial charge in [-0.3, -0.25) is 4.99 Å². The van der Waals surface area contributed by atoms with Gasteiger partial charge in [-0.1, -0.05) is 6.92 Å². The maximum atomic E-state index is 5.43. The van der Waals surface area contributed by atoms with E-state index in [4.69, 9.17) is 9.47 Å². The fourth-order valence-electron chi connectivity index (χ4n) is 1.80. The third-order valence-corrected chi connectivity index (χ3v) is 2.73. The van der Waals surface area contributed by atoms with Gasteiger partial charge in [0.2, 0.25) is 0 Å². The van der Waals surface area contributed by atoms with Crippen molar-refractivity contribution < 1.29 is 9.47 Å². The summed E-state index contributed by atoms with van der Waals surface area (Å²) < 4.78 is 10.5. The molecule has 5 heteroatoms. The summed E-state index contributed by atoms with van der Waals surface area (Å²) in [6, 6.07) is 0. The molecule has 0 unspecified atom stereocenters. The van der Waals surface area contributed by atoms with Crippen LogP contribution in [0.15, 0.2) is 4.99 Å². The van der Waals surface area contributed by atoms with E-state index in [0.717, 1.165) is 51.8 Å². The van der Waals surface area contributed by atoms with Gasteiger partial charge in [-0.05, 0) is 6.42 Å². The summed E-state index contributed by atoms with van der Waals surface area (Å²) in [5.41, 5.74) is 0. The van der Waals surface area contributed by atoms with Gasteiger partial charge in [0.25, 0.3) is 0 Å². The highest BCUT2D eigenvalue weighted by atomic mass is 16.5. The molecule has 0 aliphatic carbocycles. The molecule has 0 aromatic heterocycles. The van der Waals surface area contributed by atoms with Gasteiger partial charge < -0.3 is 19.3 Å². The Morgan fingerprint density at radius 3 is 2.76 bits per heavy atom. The molecule has 1 aliphatic rings. The van der Waals surface area contributed by atoms with Crippen molar-refractivity contribution >= 4 is 5.96 Å². The molecule has 0 bridgehead atoms. The zero-order valence-corrected chi connectivity index (χ0v) is 11.3. The van der Waals surface area contributed by atoms with Gasteiger partial charge in [0.15, 0.2) is 5.96 Å². The molecule has 5 nitrogen and oxygen atoms in total. The average molecular weight is 243 g/mol. The lowest BCUT2D eigenvalue weighted by atomic mass is 10.5. The molecule has 0 spiro atoms. The van der Waals surface area contributed by atoms with Crippen molar-refractivity contribution in [1.82, 2.24) is 9.80 Å². The second-order valence-electron chi connectivity index (χ2n) is 4.20. The predicted octanol–water partition coefficient (Wildman–Crippen LogP) is 0.663. The minimum Gasteiger partial charge on any atom is -0.383 e. The largest absolute Gasteiger partial charge is 0.383 e. The van der Waals surface area contributed by atoms with Crippen LogP contribution < -0.4 is 0 Å². The SMILES string of the molecule is CCCOCCN=C1N(C)CCN1CCOC. The van der Waals surface area contributed by atoms with Gasteiger partial charge >= 0.3 is 0 Å². The molecule has 100 valence electrons. The lowest BCUT2D eigenvalue weighted by molar-refractivity contribution is 0.142. The molecular weight excluding hydrogens is 218 g/mol. The number of aliphatic imine (C=N–C) groups is 1. The summed E-state index contributed by atoms with van der Waals surface area (Å²) in [4.78, 5) is 9.06. The number of hydrogen-bond acceptors (Lipinski definition) is 3. The molecule has 1 heterocycles. The number of rotatable bonds is 8. The minimum absolute atomic E-state index is 0.712. The first-order valence-electron chi connectivity index (χ1n) is 6.36. The first kappa shape index (κ1) is 14.3. The van der Waals surface area contributed by atoms with E-state index in [0.29, 0.717) is 6.61 Å². The van der Waals surface area contributed by atoms with Crippen LogP contribution in [0.25, 0.3) is 0 Å². The number of methoxy groups -OCH3 is 1. The van der Waals surface area contributed by atoms with Gasteiger partial charge in [0, 0.05) is 40.4 Å². The summed E-state index contributed by atoms with van der Waals surface area (Å²) >= 11 is 0. The fraction of sp³-hybridized carbons (Fsp3) is 0.917. The van der Waals surface area contributed by atoms with Gasteiger partial charge in [0.05, 0.1) is 19.8 Å². The van der Waals surface area contributed by atoms with Crippen LogP contribution in [-0.4, -0.2) is 75.9 Å². The zero-order valence-electron chi connectivity index (χ0n) is 11.3. The van der Waals surface area contributed by atoms with Crippen LogP contribution in [0.5, 0.6) is 0 Å². The highest BCUT2D eigenvalue weighted by Crippen LogP contribution is 2.06. The van der Waals surface area contributed by atoms with E-state index in [1.165, 1.54) is 0 Å². The monoisotopic (exact) mass is 243 g/mol. The standard InChI is InChI=1S/C12H25N3O2/c1-4-9-17-10-5-13-12-14(2)6-7-15(12)8-11-16-3/h4-11H2,1-3H3. The molecule has 0 atom stereocenters. The van der Waals surface area contributed by atoms with Gasteiger partial charge in [0.1, 0.15) is 0 Å². The van der Waals surface area contributed by atoms with Crippen molar-refractivity contribution in [2.24, 2.45) is 4.99 Å². The highest BCUT2D eigenvalue weighted by Gasteiger charge is 2.22. The molecule has 0 saturated carbocycles. The van der Waals surface area contributed by atoms with E-state index in [2.05, 4.69) is 28.8 Å². The molecule has 1 aliphatic heterocycles. The third-order valence-electron chi connectivity index (χ3n) is 2.73. The Labute approximate surface area is 104 Å². The quantitative estimate of drug-likeness (QED) is 0.587. The van der Waals surface area contributed by atoms with Gasteiger partial charge in [-0.2, -0.15) is 0 Å². The summed E-state index contributed by atoms with van der Waals surface area (Å²) in [5.74, 6) is 1.07. The average Bonchev–Trinajstić information content (AvgIpc) is 2.68. The van der Waals surface area contributed by atoms with Crippen molar-refractivity contribution in [3.05, 3.63) is 0 Å². The van der Waals surface area contributed by atoms with Crippen LogP contribution in [0.4, 0.5) is 0 Å². The third kappa shape index (κ3) is 4.91. The molecular formula is C12H25N3O2. The zero-order chi connectivity index (χ0) is 12.5. The van der Waals surface area contributed by atoms with Crippen molar-refractivity contribution in [2.75, 3.05) is 60.2 Å². The number of hydrogen-bond donors (Lipinski definition) is 0. The maximum Gasteiger partial charge on any atom is 0.196 e. The Balaban J connectivity index is 2.32. The van der Waals surface area contributed by atoms with Crippen molar-refractivity contribution in [2.45, 2.75) is 13.3 Å². The van der Waals surface area contributed by atoms with Crippen molar-refractivity contribution in [1.29, 1.82) is 0 Å². The van der Waals surface area contributed by atoms with E-state index in [9.17, 15) is 0 Å². The van der Waals surface area contributed by atoms with Gasteiger partial charge in [-0.25, -0.2) is 0 Å². The molecule has 1 fully saturated rings. The first-order chi connectivity index (χ1) is 8.29. The Hall–Kier alpha value is -0.810. The predicted molar refractivity (Wildman–Crippen MR) is 69.5 cm³/mol. The van der Waals surface area contributed by atoms with E-state index in [1.807, 2.05) is 0 Å². The molecule has 0 aromatic rings. The minimum atomic E-state index is 0.712. The fourth-order valence-corrected chi connectivity index (χ4v) is 1.80. The smallest absolute Gasteiger partial charge is 0.196 e. The molecule has 0 N–H and O–H groups in total. The second-order valence-corrected chi connectivity index (χ2v) is 4.20. The Morgan fingerprint density at radius 2 is 2.06 bits per heavy atom. The topological polar surface area (TPSA) is 37.3 Å². The number of ether oxygens (including phenoxy) is 2. The summed E-state index contributed by atoms with van der Waals surface area (Å²) in [5, 5.41) is 0. The molecule has 17 heavy (non-hydrogen) atoms. The molecule has 0 aromatic carbocycles. The van der Waals surface area contributed by atoms with E-state index in [1.54, 1.807) is 7.11 Å². The number of nitrogens with zero attached hydrogens (tertiary/aromatic N) is 3. The summed E-state index contributed by atoms with van der Waals surface area (Å²) in [7, 11) is 3.81. The van der Waals surface area contributed by atoms with Crippen LogP contribution in [0, 0.1) is 0 Å². The normalized spacial score (nSPS) is 18.4. The van der Waals surface area contributed by atoms with Crippen LogP contribution in [0.3, 0.4) is 0 Å². The Morgan fingerprint density at radius 1 is 1.24 bits per heavy atom. The van der Waals surface area contributed by atoms with Crippen LogP contribution in [-0.2, 0) is 9.47 Å². The molecule has 0 radical (unpaired) electrons. The highest BCUT2D eigenvalue weighted by molar-refractivity contribution is 5.81. The second kappa shape index (κ2) is 8.31. The summed E-state index contributed by atoms with van der Waals surface area (Å²) in [6.45, 7) is 8.13. The first-order valence-corrected chi connectivity index (χ1v) is 6.36. The molecule has 1 saturated heterocycles. The van der Waals surface area contributed by atoms with Crippen molar-refractivity contribution in [3.8, 4) is 0 Å². The maximum absolute atomic E-state index is 5.43. The Bertz CT molecular complexity index is 234. The van der Waals surface area contributed by atoms with E-state index >= 15 is 0 Å². The lowest BCUT2D eigenvalue weighted by Gasteiger charge is -2.20. The van der Waals surface area contributed by atoms with Crippen LogP contribution in [0.2, 0.25) is 0 Å². The van der Waals surface area contributed by atoms with Crippen molar-refractivity contribution in [3.63, 3.8) is 0 Å². The molecule has 0 amide bonds. The molecule has 1 rings (SSSR count). The number of guanidine groups is 1. The number of likely N-dealkylation sites (N-methyl/N-ethyl adjacent to an activating group) is 1. The Kier molecular flexibility index (Phi) is 6.96. The van der Waals surface area contributed by atoms with E-state index in [-0.39, 0.29) is 0 Å².